The summed E-state index contributed by atoms with van der Waals surface area (Å²) >= 11 is 1.56. The molecule has 1 aliphatic heterocycles. The molecule has 2 aromatic carbocycles. The Morgan fingerprint density at radius 2 is 1.59 bits per heavy atom. The zero-order valence-electron chi connectivity index (χ0n) is 15.4. The van der Waals surface area contributed by atoms with E-state index < -0.39 is 32.4 Å². The van der Waals surface area contributed by atoms with Crippen LogP contribution < -0.4 is 0 Å². The van der Waals surface area contributed by atoms with E-state index in [9.17, 15) is 26.4 Å². The molecule has 1 fully saturated rings. The lowest BCUT2D eigenvalue weighted by Gasteiger charge is -2.34. The van der Waals surface area contributed by atoms with Crippen LogP contribution in [0, 0.1) is 17.5 Å². The molecule has 1 saturated heterocycles. The Balaban J connectivity index is 1.55. The second-order valence-corrected chi connectivity index (χ2v) is 9.44. The lowest BCUT2D eigenvalue weighted by Crippen LogP contribution is -2.50. The average molecular weight is 445 g/mol. The van der Waals surface area contributed by atoms with E-state index in [-0.39, 0.29) is 32.1 Å². The van der Waals surface area contributed by atoms with Crippen LogP contribution in [0.1, 0.15) is 6.42 Å². The van der Waals surface area contributed by atoms with Gasteiger partial charge in [0.1, 0.15) is 4.90 Å². The molecule has 0 radical (unpaired) electrons. The third kappa shape index (κ3) is 4.93. The van der Waals surface area contributed by atoms with Gasteiger partial charge in [-0.05, 0) is 24.3 Å². The van der Waals surface area contributed by atoms with E-state index in [1.807, 2.05) is 30.3 Å². The number of benzene rings is 2. The number of rotatable bonds is 6. The molecule has 0 N–H and O–H groups in total. The Morgan fingerprint density at radius 1 is 0.931 bits per heavy atom. The molecular weight excluding hydrogens is 425 g/mol. The molecule has 1 aliphatic rings. The number of halogens is 3. The van der Waals surface area contributed by atoms with E-state index >= 15 is 0 Å². The van der Waals surface area contributed by atoms with Crippen molar-refractivity contribution in [3.8, 4) is 0 Å². The molecule has 2 aromatic rings. The van der Waals surface area contributed by atoms with Crippen molar-refractivity contribution in [2.75, 3.05) is 31.9 Å². The summed E-state index contributed by atoms with van der Waals surface area (Å²) < 4.78 is 66.5. The lowest BCUT2D eigenvalue weighted by molar-refractivity contribution is -0.131. The summed E-state index contributed by atoms with van der Waals surface area (Å²) in [5.41, 5.74) is 0. The van der Waals surface area contributed by atoms with Gasteiger partial charge in [0.25, 0.3) is 0 Å². The first kappa shape index (κ1) is 21.7. The molecule has 0 aliphatic carbocycles. The predicted octanol–water partition coefficient (Wildman–Crippen LogP) is 3.12. The van der Waals surface area contributed by atoms with Crippen molar-refractivity contribution < 1.29 is 26.4 Å². The zero-order valence-corrected chi connectivity index (χ0v) is 17.0. The SMILES string of the molecule is O=C(CCSc1ccccc1)N1CCN(S(=O)(=O)c2ccc(F)c(F)c2F)CC1. The number of hydrogen-bond acceptors (Lipinski definition) is 4. The van der Waals surface area contributed by atoms with Crippen molar-refractivity contribution in [2.24, 2.45) is 0 Å². The normalized spacial score (nSPS) is 15.5. The van der Waals surface area contributed by atoms with Gasteiger partial charge in [-0.25, -0.2) is 21.6 Å². The Kier molecular flexibility index (Phi) is 6.86. The van der Waals surface area contributed by atoms with Gasteiger partial charge < -0.3 is 4.90 Å². The predicted molar refractivity (Wildman–Crippen MR) is 103 cm³/mol. The summed E-state index contributed by atoms with van der Waals surface area (Å²) in [6, 6.07) is 10.9. The Bertz CT molecular complexity index is 980. The van der Waals surface area contributed by atoms with Crippen LogP contribution in [-0.4, -0.2) is 55.5 Å². The van der Waals surface area contributed by atoms with Crippen molar-refractivity contribution in [3.05, 3.63) is 59.9 Å². The summed E-state index contributed by atoms with van der Waals surface area (Å²) in [5, 5.41) is 0. The van der Waals surface area contributed by atoms with Gasteiger partial charge >= 0.3 is 0 Å². The first-order valence-electron chi connectivity index (χ1n) is 8.90. The molecule has 0 atom stereocenters. The number of carbonyl (C=O) groups is 1. The fraction of sp³-hybridized carbons (Fsp3) is 0.316. The number of hydrogen-bond donors (Lipinski definition) is 0. The molecule has 1 heterocycles. The minimum atomic E-state index is -4.32. The van der Waals surface area contributed by atoms with E-state index in [0.717, 1.165) is 9.20 Å². The topological polar surface area (TPSA) is 57.7 Å². The Morgan fingerprint density at radius 3 is 2.24 bits per heavy atom. The maximum atomic E-state index is 13.9. The van der Waals surface area contributed by atoms with E-state index in [1.165, 1.54) is 0 Å². The van der Waals surface area contributed by atoms with Crippen LogP contribution in [0.15, 0.2) is 52.3 Å². The van der Waals surface area contributed by atoms with Gasteiger partial charge in [-0.15, -0.1) is 11.8 Å². The Labute approximate surface area is 171 Å². The maximum Gasteiger partial charge on any atom is 0.246 e. The highest BCUT2D eigenvalue weighted by Gasteiger charge is 2.33. The summed E-state index contributed by atoms with van der Waals surface area (Å²) in [7, 11) is -4.32. The number of carbonyl (C=O) groups excluding carboxylic acids is 1. The molecule has 156 valence electrons. The molecule has 3 rings (SSSR count). The fourth-order valence-corrected chi connectivity index (χ4v) is 5.30. The lowest BCUT2D eigenvalue weighted by atomic mass is 10.3. The van der Waals surface area contributed by atoms with Gasteiger partial charge in [0.05, 0.1) is 0 Å². The molecule has 0 saturated carbocycles. The van der Waals surface area contributed by atoms with E-state index in [2.05, 4.69) is 0 Å². The average Bonchev–Trinajstić information content (AvgIpc) is 2.72. The highest BCUT2D eigenvalue weighted by atomic mass is 32.2. The van der Waals surface area contributed by atoms with Crippen molar-refractivity contribution in [3.63, 3.8) is 0 Å². The van der Waals surface area contributed by atoms with Crippen LogP contribution in [-0.2, 0) is 14.8 Å². The van der Waals surface area contributed by atoms with Crippen molar-refractivity contribution in [1.29, 1.82) is 0 Å². The third-order valence-corrected chi connectivity index (χ3v) is 7.47. The second-order valence-electron chi connectivity index (χ2n) is 6.37. The highest BCUT2D eigenvalue weighted by Crippen LogP contribution is 2.24. The van der Waals surface area contributed by atoms with Gasteiger partial charge in [0.2, 0.25) is 15.9 Å². The quantitative estimate of drug-likeness (QED) is 0.508. The number of nitrogens with zero attached hydrogens (tertiary/aromatic N) is 2. The van der Waals surface area contributed by atoms with Crippen LogP contribution in [0.5, 0.6) is 0 Å². The minimum Gasteiger partial charge on any atom is -0.340 e. The molecule has 10 heteroatoms. The summed E-state index contributed by atoms with van der Waals surface area (Å²) in [6.07, 6.45) is 0.310. The van der Waals surface area contributed by atoms with Gasteiger partial charge in [0, 0.05) is 43.2 Å². The monoisotopic (exact) mass is 444 g/mol. The molecule has 0 bridgehead atoms. The van der Waals surface area contributed by atoms with Crippen molar-refractivity contribution in [2.45, 2.75) is 16.2 Å². The molecule has 0 unspecified atom stereocenters. The van der Waals surface area contributed by atoms with Crippen LogP contribution in [0.2, 0.25) is 0 Å². The first-order chi connectivity index (χ1) is 13.8. The van der Waals surface area contributed by atoms with Crippen LogP contribution >= 0.6 is 11.8 Å². The van der Waals surface area contributed by atoms with Crippen LogP contribution in [0.3, 0.4) is 0 Å². The number of piperazine rings is 1. The number of amides is 1. The zero-order chi connectivity index (χ0) is 21.0. The highest BCUT2D eigenvalue weighted by molar-refractivity contribution is 7.99. The van der Waals surface area contributed by atoms with E-state index in [4.69, 9.17) is 0 Å². The van der Waals surface area contributed by atoms with Crippen LogP contribution in [0.4, 0.5) is 13.2 Å². The molecule has 5 nitrogen and oxygen atoms in total. The summed E-state index contributed by atoms with van der Waals surface area (Å²) in [5.74, 6) is -4.51. The van der Waals surface area contributed by atoms with Gasteiger partial charge in [-0.3, -0.25) is 4.79 Å². The summed E-state index contributed by atoms with van der Waals surface area (Å²) in [6.45, 7) is 0.218. The molecule has 0 aromatic heterocycles. The maximum absolute atomic E-state index is 13.9. The molecule has 1 amide bonds. The second kappa shape index (κ2) is 9.19. The summed E-state index contributed by atoms with van der Waals surface area (Å²) in [4.78, 5) is 14.1. The third-order valence-electron chi connectivity index (χ3n) is 4.54. The van der Waals surface area contributed by atoms with Gasteiger partial charge in [-0.1, -0.05) is 18.2 Å². The Hall–Kier alpha value is -2.04. The standard InChI is InChI=1S/C19H19F3N2O3S2/c20-15-6-7-16(19(22)18(15)21)29(26,27)24-11-9-23(10-12-24)17(25)8-13-28-14-4-2-1-3-5-14/h1-7H,8-13H2. The minimum absolute atomic E-state index is 0.0433. The fourth-order valence-electron chi connectivity index (χ4n) is 2.96. The van der Waals surface area contributed by atoms with E-state index in [1.54, 1.807) is 16.7 Å². The van der Waals surface area contributed by atoms with Gasteiger partial charge in [-0.2, -0.15) is 4.31 Å². The van der Waals surface area contributed by atoms with Crippen molar-refractivity contribution >= 4 is 27.7 Å². The van der Waals surface area contributed by atoms with Gasteiger partial charge in [0.15, 0.2) is 17.5 Å². The molecule has 29 heavy (non-hydrogen) atoms. The smallest absolute Gasteiger partial charge is 0.246 e. The molecule has 0 spiro atoms. The largest absolute Gasteiger partial charge is 0.340 e. The number of sulfonamides is 1. The first-order valence-corrected chi connectivity index (χ1v) is 11.3. The molecular formula is C19H19F3N2O3S2. The van der Waals surface area contributed by atoms with Crippen LogP contribution in [0.25, 0.3) is 0 Å². The van der Waals surface area contributed by atoms with Crippen molar-refractivity contribution in [1.82, 2.24) is 9.21 Å². The number of thioether (sulfide) groups is 1. The van der Waals surface area contributed by atoms with E-state index in [0.29, 0.717) is 24.3 Å².